The van der Waals surface area contributed by atoms with Crippen LogP contribution in [0.1, 0.15) is 61.8 Å². The molecule has 0 aromatic carbocycles. The molecule has 8 fully saturated rings. The lowest BCUT2D eigenvalue weighted by molar-refractivity contribution is -0.408. The predicted molar refractivity (Wildman–Crippen MR) is 299 cm³/mol. The van der Waals surface area contributed by atoms with E-state index in [0.29, 0.717) is 6.42 Å². The number of carbonyl (C=O) groups excluding carboxylic acids is 2. The van der Waals surface area contributed by atoms with Gasteiger partial charge in [0.1, 0.15) is 159 Å². The van der Waals surface area contributed by atoms with Crippen molar-refractivity contribution in [3.05, 3.63) is 0 Å². The fourth-order valence-electron chi connectivity index (χ4n) is 12.6. The number of rotatable bonds is 23. The Balaban J connectivity index is 1.10. The van der Waals surface area contributed by atoms with Gasteiger partial charge in [0.2, 0.25) is 11.8 Å². The third-order valence-corrected chi connectivity index (χ3v) is 18.1. The molecule has 20 N–H and O–H groups in total. The fraction of sp³-hybridized carbons (Fsp3) is 0.964. The van der Waals surface area contributed by atoms with E-state index in [0.717, 1.165) is 13.8 Å². The first-order chi connectivity index (χ1) is 44.4. The molecule has 8 aliphatic heterocycles. The Kier molecular flexibility index (Phi) is 27.5. The van der Waals surface area contributed by atoms with Crippen LogP contribution in [0.15, 0.2) is 0 Å². The van der Waals surface area contributed by atoms with Gasteiger partial charge >= 0.3 is 0 Å². The third-order valence-electron chi connectivity index (χ3n) is 18.1. The van der Waals surface area contributed by atoms with Gasteiger partial charge in [0.05, 0.1) is 56.9 Å². The van der Waals surface area contributed by atoms with Crippen LogP contribution in [0.3, 0.4) is 0 Å². The Morgan fingerprint density at radius 3 is 1.13 bits per heavy atom. The largest absolute Gasteiger partial charge is 0.394 e. The molecule has 38 heteroatoms. The molecule has 0 aliphatic carbocycles. The molecule has 0 spiro atoms. The zero-order valence-electron chi connectivity index (χ0n) is 52.7. The van der Waals surface area contributed by atoms with Crippen molar-refractivity contribution in [2.24, 2.45) is 5.92 Å². The van der Waals surface area contributed by atoms with Gasteiger partial charge in [-0.15, -0.1) is 0 Å². The lowest BCUT2D eigenvalue weighted by Gasteiger charge is -2.52. The summed E-state index contributed by atoms with van der Waals surface area (Å²) >= 11 is 0. The second-order valence-electron chi connectivity index (χ2n) is 25.0. The average molecular weight is 1370 g/mol. The molecule has 8 heterocycles. The summed E-state index contributed by atoms with van der Waals surface area (Å²) in [6, 6.07) is -3.32. The molecule has 546 valence electrons. The molecule has 16 unspecified atom stereocenters. The average Bonchev–Trinajstić information content (AvgIpc) is 0.771. The second kappa shape index (κ2) is 33.4. The van der Waals surface area contributed by atoms with Crippen molar-refractivity contribution < 1.29 is 177 Å². The summed E-state index contributed by atoms with van der Waals surface area (Å²) < 4.78 is 98.4. The SMILES string of the molecule is CCCO[C@@H]1OC(C)[C@H](O)[C@@H](O[C@H]2O[C@H](CO)[C@@H](O)C(O)C2O)C1O[C@@H]1OC(CO)[C@H](O)[C@H](O[C@@H]2OC(C)[C@H](O)[C@@H](O[C@@H]3OC(C)[C@H](O)[C@@H](O)C3O[C@@H]3OC(C)[C@H](O)[C@@H](O[C@H]4O[C@H](CO)[C@@H](O)C(O)C4O)C3O[C@@H]3OC(CO)[C@H](O)[C@H](O)C3NC(C)=O)C2C)C1NC(C)=O. The first-order valence-electron chi connectivity index (χ1n) is 31.4. The Labute approximate surface area is 538 Å². The molecule has 38 nitrogen and oxygen atoms in total. The van der Waals surface area contributed by atoms with E-state index >= 15 is 0 Å². The minimum atomic E-state index is -2.10. The standard InChI is InChI=1S/C56H96N2O36/c1-9-10-79-54-47(44(30(67)18(5)81-54)90-52-40(77)37(74)33(70)23(12-60)86-52)93-51-27(58-21(8)64)43(35(72)25(14-62)85-51)89-49-15(2)42(29(66)17(4)80-49)88-55-46(39(76)28(65)16(3)82-55)92-56-48(94-50-26(57-20(7)63)36(73)32(69)22(11-59)84-50)45(31(68)19(6)83-56)91-53-41(78)38(75)34(71)24(13-61)87-53/h15-19,22-56,59-62,65-78H,9-14H2,1-8H3,(H,57,63)(H,58,64)/t15?,16?,17?,18?,19?,22?,23-,24-,25?,26?,27?,28+,29+,30+,31+,32+,33-,34-,35+,36-,37?,38?,39-,40?,41?,42+,43-,44-,45-,46?,47?,48?,49+,50+,51+,52-,53-,54-,55+,56+/m1/s1. The normalized spacial score (nSPS) is 51.2. The molecule has 40 atom stereocenters. The Hall–Kier alpha value is -2.42. The molecule has 0 aromatic heterocycles. The highest BCUT2D eigenvalue weighted by Gasteiger charge is 2.60. The summed E-state index contributed by atoms with van der Waals surface area (Å²) in [4.78, 5) is 25.8. The maximum Gasteiger partial charge on any atom is 0.217 e. The van der Waals surface area contributed by atoms with E-state index < -0.39 is 284 Å². The summed E-state index contributed by atoms with van der Waals surface area (Å²) in [6.45, 7) is 7.25. The number of nitrogens with one attached hydrogen (secondary N) is 2. The van der Waals surface area contributed by atoms with Crippen molar-refractivity contribution in [2.75, 3.05) is 33.0 Å². The van der Waals surface area contributed by atoms with Crippen molar-refractivity contribution in [1.29, 1.82) is 0 Å². The monoisotopic (exact) mass is 1370 g/mol. The van der Waals surface area contributed by atoms with E-state index in [2.05, 4.69) is 10.6 Å². The van der Waals surface area contributed by atoms with Gasteiger partial charge in [0, 0.05) is 26.4 Å². The smallest absolute Gasteiger partial charge is 0.217 e. The van der Waals surface area contributed by atoms with Crippen molar-refractivity contribution in [3.8, 4) is 0 Å². The van der Waals surface area contributed by atoms with Crippen LogP contribution in [0.25, 0.3) is 0 Å². The van der Waals surface area contributed by atoms with Gasteiger partial charge in [-0.1, -0.05) is 13.8 Å². The van der Waals surface area contributed by atoms with Gasteiger partial charge in [0.25, 0.3) is 0 Å². The lowest BCUT2D eigenvalue weighted by atomic mass is 9.91. The zero-order chi connectivity index (χ0) is 69.2. The first kappa shape index (κ1) is 77.3. The fourth-order valence-corrected chi connectivity index (χ4v) is 12.6. The third kappa shape index (κ3) is 16.6. The molecule has 0 bridgehead atoms. The number of aliphatic hydroxyl groups excluding tert-OH is 18. The van der Waals surface area contributed by atoms with E-state index in [4.69, 9.17) is 75.8 Å². The van der Waals surface area contributed by atoms with Crippen LogP contribution < -0.4 is 10.6 Å². The summed E-state index contributed by atoms with van der Waals surface area (Å²) in [5, 5.41) is 204. The van der Waals surface area contributed by atoms with Crippen LogP contribution >= 0.6 is 0 Å². The van der Waals surface area contributed by atoms with Gasteiger partial charge in [0.15, 0.2) is 50.3 Å². The summed E-state index contributed by atoms with van der Waals surface area (Å²) in [6.07, 6.45) is -64.4. The van der Waals surface area contributed by atoms with Crippen LogP contribution in [0.5, 0.6) is 0 Å². The first-order valence-corrected chi connectivity index (χ1v) is 31.4. The molecular weight excluding hydrogens is 1280 g/mol. The second-order valence-corrected chi connectivity index (χ2v) is 25.0. The molecule has 8 saturated heterocycles. The van der Waals surface area contributed by atoms with Gasteiger partial charge in [-0.25, -0.2) is 0 Å². The summed E-state index contributed by atoms with van der Waals surface area (Å²) in [5.41, 5.74) is 0. The Morgan fingerprint density at radius 2 is 0.660 bits per heavy atom. The molecule has 0 saturated carbocycles. The van der Waals surface area contributed by atoms with Crippen LogP contribution in [-0.4, -0.2) is 376 Å². The van der Waals surface area contributed by atoms with E-state index in [-0.39, 0.29) is 6.61 Å². The van der Waals surface area contributed by atoms with E-state index in [1.54, 1.807) is 6.92 Å². The molecule has 2 amide bonds. The lowest BCUT2D eigenvalue weighted by Crippen LogP contribution is -2.70. The molecular formula is C56H96N2O36. The number of carbonyl (C=O) groups is 2. The van der Waals surface area contributed by atoms with Crippen LogP contribution in [0.4, 0.5) is 0 Å². The minimum Gasteiger partial charge on any atom is -0.394 e. The van der Waals surface area contributed by atoms with Gasteiger partial charge in [-0.3, -0.25) is 9.59 Å². The van der Waals surface area contributed by atoms with E-state index in [9.17, 15) is 102 Å². The number of ether oxygens (including phenoxy) is 16. The Morgan fingerprint density at radius 1 is 0.319 bits per heavy atom. The van der Waals surface area contributed by atoms with Crippen LogP contribution in [0.2, 0.25) is 0 Å². The minimum absolute atomic E-state index is 0.0183. The van der Waals surface area contributed by atoms with Crippen molar-refractivity contribution >= 4 is 11.8 Å². The summed E-state index contributed by atoms with van der Waals surface area (Å²) in [5.74, 6) is -2.79. The van der Waals surface area contributed by atoms with Crippen molar-refractivity contribution in [2.45, 2.75) is 301 Å². The number of aliphatic hydroxyl groups is 18. The highest BCUT2D eigenvalue weighted by Crippen LogP contribution is 2.41. The maximum atomic E-state index is 13.2. The number of hydrogen-bond acceptors (Lipinski definition) is 36. The molecule has 94 heavy (non-hydrogen) atoms. The van der Waals surface area contributed by atoms with E-state index in [1.165, 1.54) is 34.6 Å². The van der Waals surface area contributed by atoms with E-state index in [1.807, 2.05) is 0 Å². The van der Waals surface area contributed by atoms with Crippen LogP contribution in [0, 0.1) is 5.92 Å². The van der Waals surface area contributed by atoms with Crippen molar-refractivity contribution in [1.82, 2.24) is 10.6 Å². The van der Waals surface area contributed by atoms with Crippen molar-refractivity contribution in [3.63, 3.8) is 0 Å². The maximum absolute atomic E-state index is 13.2. The number of hydrogen-bond donors (Lipinski definition) is 20. The highest BCUT2D eigenvalue weighted by atomic mass is 16.8. The van der Waals surface area contributed by atoms with Gasteiger partial charge in [-0.2, -0.15) is 0 Å². The molecule has 0 aromatic rings. The molecule has 0 radical (unpaired) electrons. The molecule has 8 rings (SSSR count). The van der Waals surface area contributed by atoms with Crippen LogP contribution in [-0.2, 0) is 85.4 Å². The predicted octanol–water partition coefficient (Wildman–Crippen LogP) is -11.3. The molecule has 8 aliphatic rings. The highest BCUT2D eigenvalue weighted by molar-refractivity contribution is 5.73. The van der Waals surface area contributed by atoms with Gasteiger partial charge in [-0.05, 0) is 34.1 Å². The Bertz CT molecular complexity index is 2360. The van der Waals surface area contributed by atoms with Gasteiger partial charge < -0.3 is 178 Å². The number of amides is 2. The quantitative estimate of drug-likeness (QED) is 0.0452. The zero-order valence-corrected chi connectivity index (χ0v) is 52.7. The summed E-state index contributed by atoms with van der Waals surface area (Å²) in [7, 11) is 0. The topological polar surface area (TPSA) is 570 Å².